The van der Waals surface area contributed by atoms with Crippen LogP contribution >= 0.6 is 0 Å². The molecule has 0 aliphatic carbocycles. The summed E-state index contributed by atoms with van der Waals surface area (Å²) < 4.78 is 24.4. The molecule has 0 bridgehead atoms. The largest absolute Gasteiger partial charge is 0.519 e. The lowest BCUT2D eigenvalue weighted by Gasteiger charge is -2.31. The number of carbonyl (C=O) groups is 3. The summed E-state index contributed by atoms with van der Waals surface area (Å²) in [4.78, 5) is 39.3. The van der Waals surface area contributed by atoms with Crippen LogP contribution in [0, 0.1) is 25.7 Å². The maximum absolute atomic E-state index is 14.2. The second-order valence-corrected chi connectivity index (χ2v) is 17.1. The summed E-state index contributed by atoms with van der Waals surface area (Å²) in [5, 5.41) is 2.50. The summed E-state index contributed by atoms with van der Waals surface area (Å²) >= 11 is 0. The zero-order chi connectivity index (χ0) is 41.0. The molecule has 0 saturated carbocycles. The Morgan fingerprint density at radius 3 is 1.38 bits per heavy atom. The summed E-state index contributed by atoms with van der Waals surface area (Å²) in [7, 11) is 0. The number of ether oxygens (including phenoxy) is 4. The Balaban J connectivity index is 1.92. The summed E-state index contributed by atoms with van der Waals surface area (Å²) in [6.45, 7) is 27.9. The van der Waals surface area contributed by atoms with Crippen LogP contribution in [0.15, 0.2) is 71.8 Å². The second-order valence-electron chi connectivity index (χ2n) is 17.1. The lowest BCUT2D eigenvalue weighted by molar-refractivity contribution is -0.132. The van der Waals surface area contributed by atoms with E-state index >= 15 is 0 Å². The lowest BCUT2D eigenvalue weighted by Crippen LogP contribution is -2.23. The quantitative estimate of drug-likeness (QED) is 0.0582. The smallest absolute Gasteiger partial charge is 0.426 e. The molecule has 0 saturated heterocycles. The third-order valence-corrected chi connectivity index (χ3v) is 9.93. The van der Waals surface area contributed by atoms with Gasteiger partial charge < -0.3 is 18.9 Å². The second kappa shape index (κ2) is 17.3. The minimum absolute atomic E-state index is 0.319. The fourth-order valence-corrected chi connectivity index (χ4v) is 8.19. The van der Waals surface area contributed by atoms with Crippen molar-refractivity contribution in [2.45, 2.75) is 127 Å². The van der Waals surface area contributed by atoms with Gasteiger partial charge in [0, 0.05) is 63.1 Å². The van der Waals surface area contributed by atoms with E-state index in [1.165, 1.54) is 25.0 Å². The highest BCUT2D eigenvalue weighted by molar-refractivity contribution is 6.00. The molecule has 7 nitrogen and oxygen atoms in total. The van der Waals surface area contributed by atoms with Crippen LogP contribution in [0.5, 0.6) is 23.0 Å². The molecule has 0 N–H and O–H groups in total. The lowest BCUT2D eigenvalue weighted by atomic mass is 9.76. The van der Waals surface area contributed by atoms with Gasteiger partial charge in [0.05, 0.1) is 0 Å². The topological polar surface area (TPSA) is 88.1 Å². The Bertz CT molecular complexity index is 2160. The first-order valence-electron chi connectivity index (χ1n) is 19.4. The molecule has 4 rings (SSSR count). The van der Waals surface area contributed by atoms with Gasteiger partial charge in [0.2, 0.25) is 0 Å². The Labute approximate surface area is 328 Å². The van der Waals surface area contributed by atoms with Gasteiger partial charge in [0.15, 0.2) is 0 Å². The van der Waals surface area contributed by atoms with Gasteiger partial charge in [-0.2, -0.15) is 0 Å². The van der Waals surface area contributed by atoms with Crippen molar-refractivity contribution in [3.05, 3.63) is 94.1 Å². The molecule has 0 aliphatic rings. The summed E-state index contributed by atoms with van der Waals surface area (Å²) in [6, 6.07) is 14.9. The first-order valence-corrected chi connectivity index (χ1v) is 19.4. The number of hydrogen-bond acceptors (Lipinski definition) is 7. The Morgan fingerprint density at radius 1 is 0.582 bits per heavy atom. The number of allylic oxidation sites excluding steroid dienone is 4. The SMILES string of the molecule is CC(=O)Oc1c(C(C)(C)/C=C(\C)CC(C)C)c(C)c(OC(=O)Oc2c(C)c(C(C)(C)C/C=C(\C)CC(C)C)c(OC(C)=O)c3ccccc23)c2ccccc12. The molecule has 0 amide bonds. The number of benzene rings is 4. The predicted molar refractivity (Wildman–Crippen MR) is 224 cm³/mol. The molecule has 0 radical (unpaired) electrons. The first kappa shape index (κ1) is 42.8. The van der Waals surface area contributed by atoms with E-state index in [0.717, 1.165) is 24.0 Å². The van der Waals surface area contributed by atoms with E-state index in [-0.39, 0.29) is 0 Å². The minimum Gasteiger partial charge on any atom is -0.426 e. The molecule has 0 heterocycles. The monoisotopic (exact) mass is 748 g/mol. The molecule has 0 fully saturated rings. The van der Waals surface area contributed by atoms with Gasteiger partial charge in [-0.3, -0.25) is 9.59 Å². The van der Waals surface area contributed by atoms with Crippen LogP contribution in [0.4, 0.5) is 4.79 Å². The molecular weight excluding hydrogens is 689 g/mol. The molecule has 0 aromatic heterocycles. The van der Waals surface area contributed by atoms with Crippen LogP contribution in [-0.4, -0.2) is 18.1 Å². The normalized spacial score (nSPS) is 12.8. The third-order valence-electron chi connectivity index (χ3n) is 9.93. The highest BCUT2D eigenvalue weighted by Crippen LogP contribution is 2.49. The van der Waals surface area contributed by atoms with Crippen LogP contribution in [0.25, 0.3) is 21.5 Å². The van der Waals surface area contributed by atoms with Crippen LogP contribution in [0.1, 0.15) is 125 Å². The minimum atomic E-state index is -0.923. The Kier molecular flexibility index (Phi) is 13.4. The summed E-state index contributed by atoms with van der Waals surface area (Å²) in [5.74, 6) is 1.65. The summed E-state index contributed by atoms with van der Waals surface area (Å²) in [6.07, 6.45) is 6.08. The van der Waals surface area contributed by atoms with Crippen LogP contribution in [0.3, 0.4) is 0 Å². The highest BCUT2D eigenvalue weighted by Gasteiger charge is 2.34. The van der Waals surface area contributed by atoms with Crippen molar-refractivity contribution >= 4 is 39.6 Å². The first-order chi connectivity index (χ1) is 25.6. The van der Waals surface area contributed by atoms with E-state index in [9.17, 15) is 14.4 Å². The van der Waals surface area contributed by atoms with Crippen molar-refractivity contribution < 1.29 is 33.3 Å². The number of hydrogen-bond donors (Lipinski definition) is 0. The van der Waals surface area contributed by atoms with E-state index in [1.807, 2.05) is 62.4 Å². The van der Waals surface area contributed by atoms with Crippen molar-refractivity contribution in [1.29, 1.82) is 0 Å². The maximum Gasteiger partial charge on any atom is 0.519 e. The third kappa shape index (κ3) is 10.0. The van der Waals surface area contributed by atoms with E-state index in [2.05, 4.69) is 81.4 Å². The molecule has 0 unspecified atom stereocenters. The van der Waals surface area contributed by atoms with Crippen LogP contribution in [0.2, 0.25) is 0 Å². The Morgan fingerprint density at radius 2 is 0.964 bits per heavy atom. The number of esters is 2. The van der Waals surface area contributed by atoms with Crippen molar-refractivity contribution in [2.24, 2.45) is 11.8 Å². The van der Waals surface area contributed by atoms with Crippen molar-refractivity contribution in [3.63, 3.8) is 0 Å². The van der Waals surface area contributed by atoms with Gasteiger partial charge in [-0.05, 0) is 64.2 Å². The molecule has 0 atom stereocenters. The molecule has 294 valence electrons. The van der Waals surface area contributed by atoms with Gasteiger partial charge in [-0.15, -0.1) is 0 Å². The van der Waals surface area contributed by atoms with Crippen molar-refractivity contribution in [2.75, 3.05) is 0 Å². The number of rotatable bonds is 13. The zero-order valence-corrected chi connectivity index (χ0v) is 35.4. The van der Waals surface area contributed by atoms with E-state index in [4.69, 9.17) is 18.9 Å². The van der Waals surface area contributed by atoms with Gasteiger partial charge in [0.1, 0.15) is 23.0 Å². The number of fused-ring (bicyclic) bond motifs is 2. The highest BCUT2D eigenvalue weighted by atomic mass is 16.7. The zero-order valence-electron chi connectivity index (χ0n) is 35.4. The van der Waals surface area contributed by atoms with Crippen LogP contribution < -0.4 is 18.9 Å². The van der Waals surface area contributed by atoms with Crippen molar-refractivity contribution in [3.8, 4) is 23.0 Å². The molecule has 0 spiro atoms. The molecule has 4 aromatic carbocycles. The number of carbonyl (C=O) groups excluding carboxylic acids is 3. The predicted octanol–water partition coefficient (Wildman–Crippen LogP) is 13.0. The van der Waals surface area contributed by atoms with Crippen molar-refractivity contribution in [1.82, 2.24) is 0 Å². The molecule has 55 heavy (non-hydrogen) atoms. The van der Waals surface area contributed by atoms with Crippen LogP contribution in [-0.2, 0) is 20.4 Å². The Hall–Kier alpha value is -4.91. The van der Waals surface area contributed by atoms with E-state index in [1.54, 1.807) is 0 Å². The molecule has 4 aromatic rings. The fraction of sp³-hybridized carbons (Fsp3) is 0.438. The molecule has 0 aliphatic heterocycles. The van der Waals surface area contributed by atoms with Gasteiger partial charge in [-0.1, -0.05) is 127 Å². The average Bonchev–Trinajstić information content (AvgIpc) is 3.05. The average molecular weight is 749 g/mol. The van der Waals surface area contributed by atoms with Gasteiger partial charge >= 0.3 is 18.1 Å². The van der Waals surface area contributed by atoms with Gasteiger partial charge in [-0.25, -0.2) is 4.79 Å². The molecule has 7 heteroatoms. The van der Waals surface area contributed by atoms with E-state index < -0.39 is 28.9 Å². The molecular formula is C48H60O7. The maximum atomic E-state index is 14.2. The fourth-order valence-electron chi connectivity index (χ4n) is 8.19. The van der Waals surface area contributed by atoms with Gasteiger partial charge in [0.25, 0.3) is 0 Å². The van der Waals surface area contributed by atoms with E-state index in [0.29, 0.717) is 73.9 Å². The standard InChI is InChI=1S/C48H60O7/c1-28(2)25-30(5)23-24-47(11,12)40-32(7)42(36-19-15-17-21-38(36)44(40)52-34(9)49)54-46(51)55-43-33(8)41(48(13,14)27-31(6)26-29(3)4)45(53-35(10)50)39-22-18-16-20-37(39)43/h15-23,27-29H,24-26H2,1-14H3/b30-23+,31-27+. The summed E-state index contributed by atoms with van der Waals surface area (Å²) in [5.41, 5.74) is 4.20.